The third-order valence-electron chi connectivity index (χ3n) is 5.51. The van der Waals surface area contributed by atoms with Crippen LogP contribution in [0.15, 0.2) is 42.3 Å². The van der Waals surface area contributed by atoms with Crippen molar-refractivity contribution in [3.63, 3.8) is 0 Å². The zero-order valence-electron chi connectivity index (χ0n) is 16.4. The Labute approximate surface area is 166 Å². The number of nitrogens with zero attached hydrogens (tertiary/aromatic N) is 3. The van der Waals surface area contributed by atoms with E-state index >= 15 is 0 Å². The number of anilines is 1. The molecule has 0 bridgehead atoms. The number of aryl methyl sites for hydroxylation is 1. The lowest BCUT2D eigenvalue weighted by Crippen LogP contribution is -2.35. The maximum atomic E-state index is 13.6. The Kier molecular flexibility index (Phi) is 4.55. The number of alkyl halides is 3. The van der Waals surface area contributed by atoms with Crippen LogP contribution in [0, 0.1) is 0 Å². The predicted molar refractivity (Wildman–Crippen MR) is 104 cm³/mol. The predicted octanol–water partition coefficient (Wildman–Crippen LogP) is 4.00. The molecule has 0 atom stereocenters. The Bertz CT molecular complexity index is 995. The fourth-order valence-corrected chi connectivity index (χ4v) is 3.65. The van der Waals surface area contributed by atoms with Crippen LogP contribution in [0.1, 0.15) is 38.7 Å². The first-order valence-electron chi connectivity index (χ1n) is 9.64. The quantitative estimate of drug-likeness (QED) is 0.787. The van der Waals surface area contributed by atoms with Crippen LogP contribution in [-0.4, -0.2) is 38.3 Å². The average molecular weight is 407 g/mol. The third-order valence-corrected chi connectivity index (χ3v) is 5.51. The van der Waals surface area contributed by atoms with Crippen LogP contribution in [0.25, 0.3) is 10.9 Å². The molecule has 0 saturated heterocycles. The number of halogens is 3. The van der Waals surface area contributed by atoms with Crippen molar-refractivity contribution in [1.82, 2.24) is 9.78 Å². The summed E-state index contributed by atoms with van der Waals surface area (Å²) < 4.78 is 42.5. The van der Waals surface area contributed by atoms with Gasteiger partial charge in [-0.15, -0.1) is 0 Å². The average Bonchev–Trinajstić information content (AvgIpc) is 3.23. The van der Waals surface area contributed by atoms with Gasteiger partial charge in [0.05, 0.1) is 16.7 Å². The summed E-state index contributed by atoms with van der Waals surface area (Å²) in [7, 11) is 0. The molecule has 1 aliphatic heterocycles. The lowest BCUT2D eigenvalue weighted by atomic mass is 9.94. The van der Waals surface area contributed by atoms with Crippen LogP contribution < -0.4 is 4.90 Å². The van der Waals surface area contributed by atoms with E-state index in [9.17, 15) is 23.4 Å². The molecule has 0 unspecified atom stereocenters. The summed E-state index contributed by atoms with van der Waals surface area (Å²) in [5, 5.41) is 25.9. The number of allylic oxidation sites excluding steroid dienone is 3. The lowest BCUT2D eigenvalue weighted by Gasteiger charge is -2.33. The van der Waals surface area contributed by atoms with E-state index in [-0.39, 0.29) is 6.54 Å². The molecule has 2 aromatic rings. The van der Waals surface area contributed by atoms with Crippen molar-refractivity contribution in [3.05, 3.63) is 47.8 Å². The van der Waals surface area contributed by atoms with E-state index in [1.165, 1.54) is 11.0 Å². The van der Waals surface area contributed by atoms with Crippen molar-refractivity contribution in [2.45, 2.75) is 57.0 Å². The second kappa shape index (κ2) is 6.60. The molecule has 156 valence electrons. The van der Waals surface area contributed by atoms with Crippen molar-refractivity contribution in [2.24, 2.45) is 0 Å². The van der Waals surface area contributed by atoms with Crippen LogP contribution in [0.4, 0.5) is 18.9 Å². The van der Waals surface area contributed by atoms with E-state index in [1.807, 2.05) is 0 Å². The standard InChI is InChI=1S/C21H24F3N3O2/c1-19(2,28)15-12-16-14(13-26(25-16)10-8-20(29)6-7-20)11-17(15)27-9-4-3-5-18(27)21(22,23)24/h3-5,11-13,28-29H,6-10H2,1-2H3. The number of aliphatic hydroxyl groups is 2. The summed E-state index contributed by atoms with van der Waals surface area (Å²) in [5.41, 5.74) is -1.45. The first kappa shape index (κ1) is 20.0. The van der Waals surface area contributed by atoms with E-state index in [0.29, 0.717) is 35.1 Å². The second-order valence-corrected chi connectivity index (χ2v) is 8.44. The highest BCUT2D eigenvalue weighted by Crippen LogP contribution is 2.41. The molecule has 1 aromatic carbocycles. The summed E-state index contributed by atoms with van der Waals surface area (Å²) in [6.45, 7) is 3.68. The molecule has 0 radical (unpaired) electrons. The summed E-state index contributed by atoms with van der Waals surface area (Å²) in [5.74, 6) is 0. The fraction of sp³-hybridized carbons (Fsp3) is 0.476. The molecule has 29 heavy (non-hydrogen) atoms. The van der Waals surface area contributed by atoms with Crippen molar-refractivity contribution in [3.8, 4) is 0 Å². The Morgan fingerprint density at radius 1 is 1.21 bits per heavy atom. The van der Waals surface area contributed by atoms with E-state index < -0.39 is 23.1 Å². The molecule has 0 spiro atoms. The summed E-state index contributed by atoms with van der Waals surface area (Å²) >= 11 is 0. The molecule has 4 rings (SSSR count). The van der Waals surface area contributed by atoms with Gasteiger partial charge in [-0.25, -0.2) is 0 Å². The molecule has 1 fully saturated rings. The van der Waals surface area contributed by atoms with Gasteiger partial charge in [0.15, 0.2) is 0 Å². The molecule has 0 amide bonds. The minimum Gasteiger partial charge on any atom is -0.390 e. The van der Waals surface area contributed by atoms with Crippen molar-refractivity contribution < 1.29 is 23.4 Å². The third kappa shape index (κ3) is 4.04. The van der Waals surface area contributed by atoms with Crippen LogP contribution in [0.3, 0.4) is 0 Å². The van der Waals surface area contributed by atoms with Gasteiger partial charge in [-0.05, 0) is 51.3 Å². The number of hydrogen-bond acceptors (Lipinski definition) is 4. The van der Waals surface area contributed by atoms with Crippen molar-refractivity contribution in [2.75, 3.05) is 11.4 Å². The topological polar surface area (TPSA) is 61.5 Å². The first-order chi connectivity index (χ1) is 13.5. The van der Waals surface area contributed by atoms with Crippen LogP contribution >= 0.6 is 0 Å². The molecule has 2 heterocycles. The monoisotopic (exact) mass is 407 g/mol. The zero-order valence-corrected chi connectivity index (χ0v) is 16.4. The van der Waals surface area contributed by atoms with Gasteiger partial charge in [0.2, 0.25) is 0 Å². The normalized spacial score (nSPS) is 19.0. The highest BCUT2D eigenvalue weighted by molar-refractivity contribution is 5.85. The molecule has 1 aliphatic carbocycles. The second-order valence-electron chi connectivity index (χ2n) is 8.44. The number of fused-ring (bicyclic) bond motifs is 1. The van der Waals surface area contributed by atoms with Crippen LogP contribution in [-0.2, 0) is 12.1 Å². The number of aromatic nitrogens is 2. The minimum atomic E-state index is -4.51. The molecular weight excluding hydrogens is 383 g/mol. The van der Waals surface area contributed by atoms with Gasteiger partial charge in [-0.1, -0.05) is 12.2 Å². The summed E-state index contributed by atoms with van der Waals surface area (Å²) in [6.07, 6.45) is 3.50. The number of hydrogen-bond donors (Lipinski definition) is 2. The smallest absolute Gasteiger partial charge is 0.390 e. The van der Waals surface area contributed by atoms with Gasteiger partial charge in [0, 0.05) is 35.9 Å². The number of rotatable bonds is 5. The van der Waals surface area contributed by atoms with Crippen LogP contribution in [0.5, 0.6) is 0 Å². The lowest BCUT2D eigenvalue weighted by molar-refractivity contribution is -0.0934. The minimum absolute atomic E-state index is 0.0566. The van der Waals surface area contributed by atoms with Gasteiger partial charge < -0.3 is 15.1 Å². The Hall–Kier alpha value is -2.32. The highest BCUT2D eigenvalue weighted by Gasteiger charge is 2.41. The van der Waals surface area contributed by atoms with E-state index in [4.69, 9.17) is 0 Å². The molecule has 1 aromatic heterocycles. The highest BCUT2D eigenvalue weighted by atomic mass is 19.4. The Morgan fingerprint density at radius 3 is 2.55 bits per heavy atom. The van der Waals surface area contributed by atoms with Gasteiger partial charge >= 0.3 is 6.18 Å². The molecule has 8 heteroatoms. The molecular formula is C21H24F3N3O2. The molecule has 5 nitrogen and oxygen atoms in total. The molecule has 2 N–H and O–H groups in total. The van der Waals surface area contributed by atoms with Crippen molar-refractivity contribution in [1.29, 1.82) is 0 Å². The number of benzene rings is 1. The van der Waals surface area contributed by atoms with Gasteiger partial charge in [-0.3, -0.25) is 4.68 Å². The zero-order chi connectivity index (χ0) is 21.0. The van der Waals surface area contributed by atoms with E-state index in [1.54, 1.807) is 42.9 Å². The fourth-order valence-electron chi connectivity index (χ4n) is 3.65. The largest absolute Gasteiger partial charge is 0.431 e. The maximum Gasteiger partial charge on any atom is 0.431 e. The van der Waals surface area contributed by atoms with Gasteiger partial charge in [0.1, 0.15) is 5.70 Å². The van der Waals surface area contributed by atoms with Gasteiger partial charge in [0.25, 0.3) is 0 Å². The van der Waals surface area contributed by atoms with Crippen LogP contribution in [0.2, 0.25) is 0 Å². The summed E-state index contributed by atoms with van der Waals surface area (Å²) in [6, 6.07) is 3.30. The molecule has 2 aliphatic rings. The first-order valence-corrected chi connectivity index (χ1v) is 9.64. The summed E-state index contributed by atoms with van der Waals surface area (Å²) in [4.78, 5) is 1.18. The Morgan fingerprint density at radius 2 is 1.93 bits per heavy atom. The van der Waals surface area contributed by atoms with E-state index in [0.717, 1.165) is 18.9 Å². The van der Waals surface area contributed by atoms with Gasteiger partial charge in [-0.2, -0.15) is 18.3 Å². The maximum absolute atomic E-state index is 13.6. The SMILES string of the molecule is CC(C)(O)c1cc2nn(CCC3(O)CC3)cc2cc1N1CC=CC=C1C(F)(F)F. The molecule has 1 saturated carbocycles. The Balaban J connectivity index is 1.77. The van der Waals surface area contributed by atoms with Crippen molar-refractivity contribution >= 4 is 16.6 Å². The van der Waals surface area contributed by atoms with E-state index in [2.05, 4.69) is 5.10 Å².